The van der Waals surface area contributed by atoms with Crippen LogP contribution >= 0.6 is 11.3 Å². The van der Waals surface area contributed by atoms with Crippen molar-refractivity contribution in [3.63, 3.8) is 0 Å². The molecule has 0 bridgehead atoms. The average Bonchev–Trinajstić information content (AvgIpc) is 3.09. The Balaban J connectivity index is 1.64. The van der Waals surface area contributed by atoms with Gasteiger partial charge in [0.25, 0.3) is 5.91 Å². The Bertz CT molecular complexity index is 871. The number of aryl methyl sites for hydroxylation is 1. The third kappa shape index (κ3) is 4.39. The first-order valence-corrected chi connectivity index (χ1v) is 10.1. The van der Waals surface area contributed by atoms with Crippen LogP contribution < -0.4 is 5.32 Å². The number of nitrogens with zero attached hydrogens (tertiary/aromatic N) is 3. The van der Waals surface area contributed by atoms with Crippen LogP contribution in [0.2, 0.25) is 0 Å². The Labute approximate surface area is 168 Å². The summed E-state index contributed by atoms with van der Waals surface area (Å²) in [7, 11) is 0. The van der Waals surface area contributed by atoms with Gasteiger partial charge in [-0.15, -0.1) is 11.3 Å². The largest absolute Gasteiger partial charge is 0.346 e. The smallest absolute Gasteiger partial charge is 0.312 e. The van der Waals surface area contributed by atoms with Crippen LogP contribution in [0.15, 0.2) is 30.3 Å². The zero-order valence-corrected chi connectivity index (χ0v) is 17.1. The molecule has 0 radical (unpaired) electrons. The van der Waals surface area contributed by atoms with E-state index in [4.69, 9.17) is 0 Å². The van der Waals surface area contributed by atoms with Gasteiger partial charge in [0.15, 0.2) is 0 Å². The molecule has 0 saturated carbocycles. The molecule has 2 heterocycles. The number of aromatic nitrogens is 1. The molecule has 2 aromatic rings. The second-order valence-electron chi connectivity index (χ2n) is 7.01. The second kappa shape index (κ2) is 8.52. The molecule has 3 rings (SSSR count). The molecule has 3 amide bonds. The third-order valence-electron chi connectivity index (χ3n) is 4.48. The predicted molar refractivity (Wildman–Crippen MR) is 108 cm³/mol. The number of carbonyl (C=O) groups is 3. The van der Waals surface area contributed by atoms with E-state index in [0.29, 0.717) is 36.8 Å². The lowest BCUT2D eigenvalue weighted by Crippen LogP contribution is -2.54. The average molecular weight is 401 g/mol. The third-order valence-corrected chi connectivity index (χ3v) is 5.67. The fraction of sp³-hybridized carbons (Fsp3) is 0.400. The number of nitrogens with one attached hydrogen (secondary N) is 1. The minimum atomic E-state index is -0.597. The van der Waals surface area contributed by atoms with Gasteiger partial charge in [0.1, 0.15) is 9.88 Å². The molecule has 1 aliphatic rings. The van der Waals surface area contributed by atoms with Crippen molar-refractivity contribution in [2.75, 3.05) is 26.2 Å². The quantitative estimate of drug-likeness (QED) is 0.798. The van der Waals surface area contributed by atoms with Crippen molar-refractivity contribution >= 4 is 29.1 Å². The van der Waals surface area contributed by atoms with Crippen molar-refractivity contribution in [1.29, 1.82) is 0 Å². The zero-order chi connectivity index (χ0) is 20.3. The lowest BCUT2D eigenvalue weighted by Gasteiger charge is -2.34. The topological polar surface area (TPSA) is 82.6 Å². The molecule has 0 atom stereocenters. The predicted octanol–water partition coefficient (Wildman–Crippen LogP) is 1.93. The Morgan fingerprint density at radius 2 is 1.64 bits per heavy atom. The molecule has 7 nitrogen and oxygen atoms in total. The summed E-state index contributed by atoms with van der Waals surface area (Å²) < 4.78 is 0. The first-order valence-electron chi connectivity index (χ1n) is 9.28. The van der Waals surface area contributed by atoms with Crippen molar-refractivity contribution in [3.8, 4) is 10.6 Å². The maximum atomic E-state index is 12.9. The van der Waals surface area contributed by atoms with E-state index < -0.39 is 11.8 Å². The van der Waals surface area contributed by atoms with Gasteiger partial charge in [-0.25, -0.2) is 4.98 Å². The summed E-state index contributed by atoms with van der Waals surface area (Å²) >= 11 is 1.39. The molecule has 0 unspecified atom stereocenters. The second-order valence-corrected chi connectivity index (χ2v) is 8.01. The highest BCUT2D eigenvalue weighted by atomic mass is 32.1. The van der Waals surface area contributed by atoms with Crippen LogP contribution in [-0.4, -0.2) is 64.7 Å². The summed E-state index contributed by atoms with van der Waals surface area (Å²) in [5.74, 6) is -1.21. The van der Waals surface area contributed by atoms with E-state index >= 15 is 0 Å². The fourth-order valence-corrected chi connectivity index (χ4v) is 4.06. The Kier molecular flexibility index (Phi) is 6.08. The lowest BCUT2D eigenvalue weighted by molar-refractivity contribution is -0.147. The minimum Gasteiger partial charge on any atom is -0.346 e. The van der Waals surface area contributed by atoms with Gasteiger partial charge in [-0.05, 0) is 20.8 Å². The molecule has 1 aliphatic heterocycles. The summed E-state index contributed by atoms with van der Waals surface area (Å²) in [6.07, 6.45) is 0. The molecule has 0 aliphatic carbocycles. The molecule has 1 saturated heterocycles. The number of piperazine rings is 1. The van der Waals surface area contributed by atoms with Gasteiger partial charge in [-0.2, -0.15) is 0 Å². The van der Waals surface area contributed by atoms with Crippen LogP contribution in [0.25, 0.3) is 10.6 Å². The Morgan fingerprint density at radius 3 is 2.25 bits per heavy atom. The molecule has 1 N–H and O–H groups in total. The molecule has 8 heteroatoms. The maximum Gasteiger partial charge on any atom is 0.312 e. The van der Waals surface area contributed by atoms with Gasteiger partial charge in [0, 0.05) is 37.8 Å². The molecule has 28 heavy (non-hydrogen) atoms. The highest BCUT2D eigenvalue weighted by molar-refractivity contribution is 7.17. The van der Waals surface area contributed by atoms with E-state index in [1.165, 1.54) is 16.2 Å². The van der Waals surface area contributed by atoms with Gasteiger partial charge in [-0.1, -0.05) is 30.3 Å². The van der Waals surface area contributed by atoms with E-state index in [-0.39, 0.29) is 11.9 Å². The van der Waals surface area contributed by atoms with Crippen molar-refractivity contribution in [2.45, 2.75) is 26.8 Å². The van der Waals surface area contributed by atoms with E-state index in [1.54, 1.807) is 4.90 Å². The van der Waals surface area contributed by atoms with E-state index in [9.17, 15) is 14.4 Å². The van der Waals surface area contributed by atoms with Gasteiger partial charge in [0.2, 0.25) is 0 Å². The number of rotatable bonds is 3. The van der Waals surface area contributed by atoms with E-state index in [1.807, 2.05) is 51.1 Å². The van der Waals surface area contributed by atoms with Crippen molar-refractivity contribution in [2.24, 2.45) is 0 Å². The maximum absolute atomic E-state index is 12.9. The first-order chi connectivity index (χ1) is 13.4. The van der Waals surface area contributed by atoms with Crippen LogP contribution in [0, 0.1) is 6.92 Å². The Morgan fingerprint density at radius 1 is 1.04 bits per heavy atom. The van der Waals surface area contributed by atoms with Gasteiger partial charge in [-0.3, -0.25) is 14.4 Å². The van der Waals surface area contributed by atoms with E-state index in [2.05, 4.69) is 10.3 Å². The van der Waals surface area contributed by atoms with E-state index in [0.717, 1.165) is 10.6 Å². The summed E-state index contributed by atoms with van der Waals surface area (Å²) in [6, 6.07) is 9.68. The lowest BCUT2D eigenvalue weighted by atomic mass is 10.2. The van der Waals surface area contributed by atoms with Gasteiger partial charge < -0.3 is 15.1 Å². The molecule has 148 valence electrons. The molecule has 0 spiro atoms. The van der Waals surface area contributed by atoms with Crippen molar-refractivity contribution < 1.29 is 14.4 Å². The van der Waals surface area contributed by atoms with Crippen LogP contribution in [-0.2, 0) is 9.59 Å². The zero-order valence-electron chi connectivity index (χ0n) is 16.3. The number of hydrogen-bond acceptors (Lipinski definition) is 5. The summed E-state index contributed by atoms with van der Waals surface area (Å²) in [5, 5.41) is 3.43. The molecule has 1 fully saturated rings. The number of carbonyl (C=O) groups excluding carboxylic acids is 3. The number of amides is 3. The number of benzene rings is 1. The number of hydrogen-bond donors (Lipinski definition) is 1. The normalized spacial score (nSPS) is 14.3. The first kappa shape index (κ1) is 20.0. The SMILES string of the molecule is Cc1nc(-c2ccccc2)sc1C(=O)N1CCN(C(=O)C(=O)NC(C)C)CC1. The van der Waals surface area contributed by atoms with Crippen LogP contribution in [0.4, 0.5) is 0 Å². The fourth-order valence-electron chi connectivity index (χ4n) is 3.02. The van der Waals surface area contributed by atoms with Crippen LogP contribution in [0.5, 0.6) is 0 Å². The van der Waals surface area contributed by atoms with Crippen molar-refractivity contribution in [1.82, 2.24) is 20.1 Å². The highest BCUT2D eigenvalue weighted by Gasteiger charge is 2.30. The van der Waals surface area contributed by atoms with Gasteiger partial charge >= 0.3 is 11.8 Å². The molecular weight excluding hydrogens is 376 g/mol. The molecular formula is C20H24N4O3S. The summed E-state index contributed by atoms with van der Waals surface area (Å²) in [4.78, 5) is 45.4. The minimum absolute atomic E-state index is 0.0732. The summed E-state index contributed by atoms with van der Waals surface area (Å²) in [5.41, 5.74) is 1.70. The Hall–Kier alpha value is -2.74. The molecule has 1 aromatic heterocycles. The van der Waals surface area contributed by atoms with Gasteiger partial charge in [0.05, 0.1) is 5.69 Å². The summed E-state index contributed by atoms with van der Waals surface area (Å²) in [6.45, 7) is 6.95. The monoisotopic (exact) mass is 400 g/mol. The van der Waals surface area contributed by atoms with Crippen molar-refractivity contribution in [3.05, 3.63) is 40.9 Å². The highest BCUT2D eigenvalue weighted by Crippen LogP contribution is 2.28. The van der Waals surface area contributed by atoms with Crippen LogP contribution in [0.1, 0.15) is 29.2 Å². The number of thiazole rings is 1. The molecule has 1 aromatic carbocycles. The van der Waals surface area contributed by atoms with Crippen LogP contribution in [0.3, 0.4) is 0 Å². The standard InChI is InChI=1S/C20H24N4O3S/c1-13(2)21-17(25)20(27)24-11-9-23(10-12-24)19(26)16-14(3)22-18(28-16)15-7-5-4-6-8-15/h4-8,13H,9-12H2,1-3H3,(H,21,25).